The Bertz CT molecular complexity index is 1550. The van der Waals surface area contributed by atoms with Crippen LogP contribution in [0.5, 0.6) is 11.8 Å². The van der Waals surface area contributed by atoms with Crippen LogP contribution in [0.1, 0.15) is 54.2 Å². The van der Waals surface area contributed by atoms with Gasteiger partial charge in [0.1, 0.15) is 17.3 Å². The van der Waals surface area contributed by atoms with E-state index in [0.717, 1.165) is 74.0 Å². The number of phenols is 1. The first kappa shape index (κ1) is 26.1. The Labute approximate surface area is 240 Å². The predicted octanol–water partition coefficient (Wildman–Crippen LogP) is 3.23. The molecule has 9 heteroatoms. The van der Waals surface area contributed by atoms with E-state index in [-0.39, 0.29) is 23.1 Å². The number of hydrogen-bond acceptors (Lipinski definition) is 8. The molecule has 2 unspecified atom stereocenters. The topological polar surface area (TPSA) is 103 Å². The zero-order valence-corrected chi connectivity index (χ0v) is 23.4. The number of terminal acetylenes is 1. The molecule has 0 radical (unpaired) electrons. The fourth-order valence-electron chi connectivity index (χ4n) is 6.97. The number of benzene rings is 2. The van der Waals surface area contributed by atoms with Crippen molar-refractivity contribution in [1.82, 2.24) is 20.6 Å². The molecule has 4 aliphatic rings. The fourth-order valence-corrected chi connectivity index (χ4v) is 6.97. The number of carbonyl (C=O) groups is 1. The lowest BCUT2D eigenvalue weighted by molar-refractivity contribution is 0.0967. The zero-order chi connectivity index (χ0) is 28.1. The molecule has 3 saturated heterocycles. The standard InChI is InChI=1S/C32H36N6O3/c1-3-20-5-4-6-21-15-24(39)16-26(27(20)21)38-14-9-25-28(30(38)40)35-31(41-19-32(2)10-12-33-13-11-32)36-29(25)37-17-22-7-8-23(18-37)34-22/h1,4-6,15-16,22-23,33-34,39H,7-14,17-19H2,2H3. The maximum Gasteiger partial charge on any atom is 0.319 e. The minimum absolute atomic E-state index is 0.0287. The summed E-state index contributed by atoms with van der Waals surface area (Å²) in [7, 11) is 0. The molecule has 3 N–H and O–H groups in total. The lowest BCUT2D eigenvalue weighted by Crippen LogP contribution is -2.52. The van der Waals surface area contributed by atoms with E-state index in [1.807, 2.05) is 18.2 Å². The van der Waals surface area contributed by atoms with Crippen molar-refractivity contribution in [3.63, 3.8) is 0 Å². The molecular formula is C32H36N6O3. The quantitative estimate of drug-likeness (QED) is 0.415. The van der Waals surface area contributed by atoms with Gasteiger partial charge in [0, 0.05) is 59.7 Å². The van der Waals surface area contributed by atoms with Crippen LogP contribution >= 0.6 is 0 Å². The lowest BCUT2D eigenvalue weighted by atomic mass is 9.82. The molecule has 5 heterocycles. The van der Waals surface area contributed by atoms with E-state index in [0.29, 0.717) is 48.6 Å². The van der Waals surface area contributed by atoms with Crippen LogP contribution in [-0.2, 0) is 6.42 Å². The maximum atomic E-state index is 14.3. The molecular weight excluding hydrogens is 516 g/mol. The smallest absolute Gasteiger partial charge is 0.319 e. The Balaban J connectivity index is 1.29. The van der Waals surface area contributed by atoms with Gasteiger partial charge in [-0.1, -0.05) is 25.0 Å². The Morgan fingerprint density at radius 1 is 1.17 bits per heavy atom. The van der Waals surface area contributed by atoms with Crippen molar-refractivity contribution in [1.29, 1.82) is 0 Å². The van der Waals surface area contributed by atoms with Gasteiger partial charge in [-0.15, -0.1) is 6.42 Å². The summed E-state index contributed by atoms with van der Waals surface area (Å²) in [5.74, 6) is 3.41. The van der Waals surface area contributed by atoms with Crippen LogP contribution in [0.3, 0.4) is 0 Å². The van der Waals surface area contributed by atoms with E-state index in [4.69, 9.17) is 21.1 Å². The molecule has 2 aromatic carbocycles. The van der Waals surface area contributed by atoms with Crippen molar-refractivity contribution < 1.29 is 14.6 Å². The summed E-state index contributed by atoms with van der Waals surface area (Å²) >= 11 is 0. The largest absolute Gasteiger partial charge is 0.508 e. The molecule has 4 aliphatic heterocycles. The molecule has 2 bridgehead atoms. The highest BCUT2D eigenvalue weighted by Gasteiger charge is 2.38. The molecule has 1 aromatic heterocycles. The summed E-state index contributed by atoms with van der Waals surface area (Å²) < 4.78 is 6.30. The SMILES string of the molecule is C#Cc1cccc2cc(O)cc(N3CCc4c(nc(OCC5(C)CCNCC5)nc4N4CC5CCC(C4)N5)C3=O)c12. The number of amides is 1. The van der Waals surface area contributed by atoms with Crippen molar-refractivity contribution in [2.45, 2.75) is 51.1 Å². The van der Waals surface area contributed by atoms with Crippen LogP contribution < -0.4 is 25.2 Å². The highest BCUT2D eigenvalue weighted by molar-refractivity contribution is 6.13. The molecule has 0 spiro atoms. The van der Waals surface area contributed by atoms with Crippen molar-refractivity contribution in [2.24, 2.45) is 5.41 Å². The number of aromatic nitrogens is 2. The lowest BCUT2D eigenvalue weighted by Gasteiger charge is -2.37. The highest BCUT2D eigenvalue weighted by atomic mass is 16.5. The fraction of sp³-hybridized carbons (Fsp3) is 0.469. The average Bonchev–Trinajstić information content (AvgIpc) is 3.32. The van der Waals surface area contributed by atoms with E-state index in [9.17, 15) is 9.90 Å². The molecule has 1 amide bonds. The van der Waals surface area contributed by atoms with E-state index in [1.165, 1.54) is 0 Å². The summed E-state index contributed by atoms with van der Waals surface area (Å²) in [6, 6.07) is 10.0. The third-order valence-corrected chi connectivity index (χ3v) is 9.26. The van der Waals surface area contributed by atoms with Gasteiger partial charge in [0.25, 0.3) is 5.91 Å². The molecule has 2 atom stereocenters. The van der Waals surface area contributed by atoms with Crippen molar-refractivity contribution in [2.75, 3.05) is 49.1 Å². The number of hydrogen-bond donors (Lipinski definition) is 3. The third kappa shape index (κ3) is 4.75. The number of rotatable bonds is 5. The van der Waals surface area contributed by atoms with Gasteiger partial charge < -0.3 is 30.3 Å². The summed E-state index contributed by atoms with van der Waals surface area (Å²) in [6.45, 7) is 6.80. The summed E-state index contributed by atoms with van der Waals surface area (Å²) in [5, 5.41) is 19.2. The number of nitrogens with zero attached hydrogens (tertiary/aromatic N) is 4. The van der Waals surface area contributed by atoms with Crippen LogP contribution in [-0.4, -0.2) is 72.4 Å². The summed E-state index contributed by atoms with van der Waals surface area (Å²) in [4.78, 5) is 28.0. The minimum Gasteiger partial charge on any atom is -0.508 e. The number of fused-ring (bicyclic) bond motifs is 4. The van der Waals surface area contributed by atoms with Gasteiger partial charge in [0.2, 0.25) is 0 Å². The van der Waals surface area contributed by atoms with Gasteiger partial charge in [-0.25, -0.2) is 0 Å². The van der Waals surface area contributed by atoms with Crippen LogP contribution in [0, 0.1) is 17.8 Å². The van der Waals surface area contributed by atoms with E-state index in [2.05, 4.69) is 28.4 Å². The maximum absolute atomic E-state index is 14.3. The predicted molar refractivity (Wildman–Crippen MR) is 159 cm³/mol. The van der Waals surface area contributed by atoms with E-state index >= 15 is 0 Å². The van der Waals surface area contributed by atoms with Gasteiger partial charge in [-0.3, -0.25) is 4.79 Å². The first-order valence-corrected chi connectivity index (χ1v) is 14.7. The normalized spacial score (nSPS) is 23.4. The highest BCUT2D eigenvalue weighted by Crippen LogP contribution is 2.39. The first-order chi connectivity index (χ1) is 19.9. The third-order valence-electron chi connectivity index (χ3n) is 9.26. The van der Waals surface area contributed by atoms with Gasteiger partial charge in [0.05, 0.1) is 12.3 Å². The van der Waals surface area contributed by atoms with Crippen molar-refractivity contribution >= 4 is 28.2 Å². The number of aromatic hydroxyl groups is 1. The molecule has 3 aromatic rings. The Hall–Kier alpha value is -3.87. The van der Waals surface area contributed by atoms with Crippen LogP contribution in [0.25, 0.3) is 10.8 Å². The molecule has 212 valence electrons. The number of piperidine rings is 1. The van der Waals surface area contributed by atoms with E-state index < -0.39 is 0 Å². The van der Waals surface area contributed by atoms with Crippen LogP contribution in [0.15, 0.2) is 30.3 Å². The van der Waals surface area contributed by atoms with Gasteiger partial charge in [0.15, 0.2) is 0 Å². The number of phenolic OH excluding ortho intramolecular Hbond substituents is 1. The molecule has 9 nitrogen and oxygen atoms in total. The second-order valence-corrected chi connectivity index (χ2v) is 12.3. The monoisotopic (exact) mass is 552 g/mol. The number of carbonyl (C=O) groups excluding carboxylic acids is 1. The molecule has 7 rings (SSSR count). The Morgan fingerprint density at radius 2 is 1.95 bits per heavy atom. The number of nitrogens with one attached hydrogen (secondary N) is 2. The molecule has 0 saturated carbocycles. The second-order valence-electron chi connectivity index (χ2n) is 12.3. The van der Waals surface area contributed by atoms with E-state index in [1.54, 1.807) is 17.0 Å². The van der Waals surface area contributed by atoms with Gasteiger partial charge in [-0.05, 0) is 62.7 Å². The number of ether oxygens (including phenoxy) is 1. The van der Waals surface area contributed by atoms with Gasteiger partial charge in [-0.2, -0.15) is 9.97 Å². The van der Waals surface area contributed by atoms with Crippen LogP contribution in [0.4, 0.5) is 11.5 Å². The second kappa shape index (κ2) is 10.2. The zero-order valence-electron chi connectivity index (χ0n) is 23.4. The Morgan fingerprint density at radius 3 is 2.71 bits per heavy atom. The van der Waals surface area contributed by atoms with Crippen molar-refractivity contribution in [3.8, 4) is 24.1 Å². The van der Waals surface area contributed by atoms with Crippen LogP contribution in [0.2, 0.25) is 0 Å². The average molecular weight is 553 g/mol. The molecule has 41 heavy (non-hydrogen) atoms. The minimum atomic E-state index is -0.232. The first-order valence-electron chi connectivity index (χ1n) is 14.7. The summed E-state index contributed by atoms with van der Waals surface area (Å²) in [5.41, 5.74) is 2.53. The Kier molecular flexibility index (Phi) is 6.48. The molecule has 3 fully saturated rings. The summed E-state index contributed by atoms with van der Waals surface area (Å²) in [6.07, 6.45) is 10.8. The van der Waals surface area contributed by atoms with Crippen molar-refractivity contribution in [3.05, 3.63) is 47.2 Å². The number of anilines is 2. The van der Waals surface area contributed by atoms with Gasteiger partial charge >= 0.3 is 6.01 Å². The molecule has 0 aliphatic carbocycles. The number of piperazine rings is 1.